The third kappa shape index (κ3) is 3.05. The van der Waals surface area contributed by atoms with Crippen LogP contribution in [-0.4, -0.2) is 9.97 Å². The van der Waals surface area contributed by atoms with Crippen molar-refractivity contribution >= 4 is 33.1 Å². The number of ether oxygens (including phenoxy) is 1. The van der Waals surface area contributed by atoms with Gasteiger partial charge in [0, 0.05) is 10.5 Å². The zero-order valence-electron chi connectivity index (χ0n) is 9.68. The van der Waals surface area contributed by atoms with Gasteiger partial charge in [-0.2, -0.15) is 0 Å². The number of pyridine rings is 1. The van der Waals surface area contributed by atoms with Crippen LogP contribution in [0.3, 0.4) is 0 Å². The van der Waals surface area contributed by atoms with Crippen molar-refractivity contribution in [2.75, 3.05) is 0 Å². The molecule has 18 heavy (non-hydrogen) atoms. The first-order chi connectivity index (χ1) is 8.56. The minimum atomic E-state index is 0.257. The highest BCUT2D eigenvalue weighted by molar-refractivity contribution is 9.10. The molecule has 0 amide bonds. The van der Waals surface area contributed by atoms with E-state index in [9.17, 15) is 0 Å². The smallest absolute Gasteiger partial charge is 0.219 e. The quantitative estimate of drug-likeness (QED) is 0.877. The molecule has 0 spiro atoms. The Bertz CT molecular complexity index is 601. The van der Waals surface area contributed by atoms with Crippen LogP contribution in [0, 0.1) is 6.92 Å². The monoisotopic (exact) mass is 322 g/mol. The number of hydrogen-bond acceptors (Lipinski definition) is 3. The van der Waals surface area contributed by atoms with Crippen LogP contribution >= 0.6 is 28.1 Å². The van der Waals surface area contributed by atoms with Gasteiger partial charge in [0.1, 0.15) is 16.4 Å². The molecule has 3 nitrogen and oxygen atoms in total. The number of nitrogens with two attached hydrogens (primary N) is 1. The summed E-state index contributed by atoms with van der Waals surface area (Å²) in [5.41, 5.74) is 7.11. The SMILES string of the molecule is Cc1cc(Br)ccc1Oc1cccc(C(N)=S)n1. The molecule has 0 fully saturated rings. The van der Waals surface area contributed by atoms with E-state index in [-0.39, 0.29) is 4.99 Å². The van der Waals surface area contributed by atoms with Crippen molar-refractivity contribution in [3.8, 4) is 11.6 Å². The predicted octanol–water partition coefficient (Wildman–Crippen LogP) is 3.58. The second-order valence-electron chi connectivity index (χ2n) is 3.74. The molecule has 2 rings (SSSR count). The zero-order chi connectivity index (χ0) is 13.1. The number of benzene rings is 1. The number of aromatic nitrogens is 1. The van der Waals surface area contributed by atoms with E-state index in [1.54, 1.807) is 12.1 Å². The molecule has 1 aromatic heterocycles. The first-order valence-electron chi connectivity index (χ1n) is 5.27. The summed E-state index contributed by atoms with van der Waals surface area (Å²) in [6.45, 7) is 1.97. The fourth-order valence-corrected chi connectivity index (χ4v) is 2.04. The summed E-state index contributed by atoms with van der Waals surface area (Å²) >= 11 is 8.29. The van der Waals surface area contributed by atoms with E-state index in [0.717, 1.165) is 15.8 Å². The fourth-order valence-electron chi connectivity index (χ4n) is 1.45. The number of hydrogen-bond donors (Lipinski definition) is 1. The molecule has 0 bridgehead atoms. The van der Waals surface area contributed by atoms with Crippen LogP contribution in [0.5, 0.6) is 11.6 Å². The van der Waals surface area contributed by atoms with E-state index < -0.39 is 0 Å². The Morgan fingerprint density at radius 3 is 2.78 bits per heavy atom. The van der Waals surface area contributed by atoms with Crippen molar-refractivity contribution in [3.63, 3.8) is 0 Å². The molecule has 0 saturated heterocycles. The van der Waals surface area contributed by atoms with Crippen LogP contribution < -0.4 is 10.5 Å². The van der Waals surface area contributed by atoms with Crippen LogP contribution in [0.1, 0.15) is 11.3 Å². The summed E-state index contributed by atoms with van der Waals surface area (Å²) in [5.74, 6) is 1.23. The lowest BCUT2D eigenvalue weighted by Gasteiger charge is -2.08. The Balaban J connectivity index is 2.28. The summed E-state index contributed by atoms with van der Waals surface area (Å²) in [6, 6.07) is 11.1. The largest absolute Gasteiger partial charge is 0.439 e. The Morgan fingerprint density at radius 1 is 1.33 bits per heavy atom. The number of nitrogens with zero attached hydrogens (tertiary/aromatic N) is 1. The average Bonchev–Trinajstić information content (AvgIpc) is 2.33. The summed E-state index contributed by atoms with van der Waals surface area (Å²) in [5, 5.41) is 0. The van der Waals surface area contributed by atoms with Crippen LogP contribution in [0.4, 0.5) is 0 Å². The average molecular weight is 323 g/mol. The number of thiocarbonyl (C=S) groups is 1. The van der Waals surface area contributed by atoms with Crippen molar-refractivity contribution in [1.82, 2.24) is 4.98 Å². The third-order valence-electron chi connectivity index (χ3n) is 2.33. The lowest BCUT2D eigenvalue weighted by molar-refractivity contribution is 0.459. The highest BCUT2D eigenvalue weighted by Crippen LogP contribution is 2.26. The molecule has 5 heteroatoms. The fraction of sp³-hybridized carbons (Fsp3) is 0.0769. The molecule has 2 aromatic rings. The molecule has 0 unspecified atom stereocenters. The number of rotatable bonds is 3. The van der Waals surface area contributed by atoms with Crippen molar-refractivity contribution < 1.29 is 4.74 Å². The van der Waals surface area contributed by atoms with Gasteiger partial charge >= 0.3 is 0 Å². The number of aryl methyl sites for hydroxylation is 1. The van der Waals surface area contributed by atoms with Gasteiger partial charge in [-0.25, -0.2) is 4.98 Å². The first kappa shape index (κ1) is 13.0. The van der Waals surface area contributed by atoms with Crippen LogP contribution in [0.15, 0.2) is 40.9 Å². The van der Waals surface area contributed by atoms with Crippen LogP contribution in [0.25, 0.3) is 0 Å². The molecule has 2 N–H and O–H groups in total. The van der Waals surface area contributed by atoms with Gasteiger partial charge in [-0.15, -0.1) is 0 Å². The maximum atomic E-state index is 5.71. The van der Waals surface area contributed by atoms with Gasteiger partial charge in [-0.05, 0) is 36.8 Å². The third-order valence-corrected chi connectivity index (χ3v) is 3.03. The summed E-state index contributed by atoms with van der Waals surface area (Å²) in [7, 11) is 0. The first-order valence-corrected chi connectivity index (χ1v) is 6.47. The standard InChI is InChI=1S/C13H11BrN2OS/c1-8-7-9(14)5-6-11(8)17-12-4-2-3-10(16-12)13(15)18/h2-7H,1H3,(H2,15,18). The molecule has 92 valence electrons. The van der Waals surface area contributed by atoms with Gasteiger partial charge in [-0.1, -0.05) is 34.2 Å². The summed E-state index contributed by atoms with van der Waals surface area (Å²) < 4.78 is 6.72. The van der Waals surface area contributed by atoms with Crippen molar-refractivity contribution in [1.29, 1.82) is 0 Å². The summed E-state index contributed by atoms with van der Waals surface area (Å²) in [4.78, 5) is 4.49. The Hall–Kier alpha value is -1.46. The van der Waals surface area contributed by atoms with Crippen LogP contribution in [-0.2, 0) is 0 Å². The Morgan fingerprint density at radius 2 is 2.11 bits per heavy atom. The minimum absolute atomic E-state index is 0.257. The van der Waals surface area contributed by atoms with E-state index in [2.05, 4.69) is 20.9 Å². The van der Waals surface area contributed by atoms with E-state index >= 15 is 0 Å². The molecule has 0 atom stereocenters. The Labute approximate surface area is 119 Å². The molecule has 1 aromatic carbocycles. The van der Waals surface area contributed by atoms with Crippen molar-refractivity contribution in [2.24, 2.45) is 5.73 Å². The zero-order valence-corrected chi connectivity index (χ0v) is 12.1. The second kappa shape index (κ2) is 5.46. The normalized spacial score (nSPS) is 10.1. The lowest BCUT2D eigenvalue weighted by atomic mass is 10.2. The molecule has 0 saturated carbocycles. The molecular weight excluding hydrogens is 312 g/mol. The van der Waals surface area contributed by atoms with E-state index in [4.69, 9.17) is 22.7 Å². The summed E-state index contributed by atoms with van der Waals surface area (Å²) in [6.07, 6.45) is 0. The molecule has 0 radical (unpaired) electrons. The minimum Gasteiger partial charge on any atom is -0.439 e. The molecule has 0 aliphatic rings. The van der Waals surface area contributed by atoms with Gasteiger partial charge < -0.3 is 10.5 Å². The van der Waals surface area contributed by atoms with E-state index in [1.807, 2.05) is 31.2 Å². The maximum Gasteiger partial charge on any atom is 0.219 e. The predicted molar refractivity (Wildman–Crippen MR) is 79.1 cm³/mol. The molecule has 0 aliphatic carbocycles. The van der Waals surface area contributed by atoms with Gasteiger partial charge in [0.05, 0.1) is 0 Å². The van der Waals surface area contributed by atoms with Crippen LogP contribution in [0.2, 0.25) is 0 Å². The number of halogens is 1. The molecular formula is C13H11BrN2OS. The van der Waals surface area contributed by atoms with Gasteiger partial charge in [0.25, 0.3) is 0 Å². The van der Waals surface area contributed by atoms with Gasteiger partial charge in [0.15, 0.2) is 0 Å². The van der Waals surface area contributed by atoms with E-state index in [0.29, 0.717) is 11.6 Å². The molecule has 0 aliphatic heterocycles. The lowest BCUT2D eigenvalue weighted by Crippen LogP contribution is -2.11. The second-order valence-corrected chi connectivity index (χ2v) is 5.09. The van der Waals surface area contributed by atoms with Gasteiger partial charge in [0.2, 0.25) is 5.88 Å². The van der Waals surface area contributed by atoms with Crippen molar-refractivity contribution in [3.05, 3.63) is 52.1 Å². The topological polar surface area (TPSA) is 48.1 Å². The van der Waals surface area contributed by atoms with E-state index in [1.165, 1.54) is 0 Å². The van der Waals surface area contributed by atoms with Crippen molar-refractivity contribution in [2.45, 2.75) is 6.92 Å². The Kier molecular flexibility index (Phi) is 3.93. The maximum absolute atomic E-state index is 5.71. The molecule has 1 heterocycles. The highest BCUT2D eigenvalue weighted by atomic mass is 79.9. The highest BCUT2D eigenvalue weighted by Gasteiger charge is 2.05. The van der Waals surface area contributed by atoms with Gasteiger partial charge in [-0.3, -0.25) is 0 Å².